The zero-order valence-corrected chi connectivity index (χ0v) is 17.5. The molecule has 3 fully saturated rings. The van der Waals surface area contributed by atoms with Gasteiger partial charge in [0.25, 0.3) is 0 Å². The van der Waals surface area contributed by atoms with Gasteiger partial charge >= 0.3 is 0 Å². The Labute approximate surface area is 164 Å². The van der Waals surface area contributed by atoms with Crippen molar-refractivity contribution in [3.05, 3.63) is 30.3 Å². The topological polar surface area (TPSA) is 43.9 Å². The van der Waals surface area contributed by atoms with Crippen molar-refractivity contribution >= 4 is 10.0 Å². The first-order valence-electron chi connectivity index (χ1n) is 10.4. The van der Waals surface area contributed by atoms with E-state index in [1.165, 1.54) is 32.1 Å². The number of sulfonamides is 1. The molecular formula is C21H33N3O2S. The summed E-state index contributed by atoms with van der Waals surface area (Å²) in [7, 11) is -3.44. The maximum absolute atomic E-state index is 13.2. The molecule has 4 rings (SSSR count). The fourth-order valence-electron chi connectivity index (χ4n) is 5.36. The molecule has 2 heterocycles. The molecule has 1 aromatic rings. The van der Waals surface area contributed by atoms with Crippen molar-refractivity contribution in [2.75, 3.05) is 32.7 Å². The molecule has 5 nitrogen and oxygen atoms in total. The van der Waals surface area contributed by atoms with Gasteiger partial charge in [0, 0.05) is 50.3 Å². The number of rotatable bonds is 3. The lowest BCUT2D eigenvalue weighted by molar-refractivity contribution is -0.0562. The van der Waals surface area contributed by atoms with Crippen LogP contribution in [-0.4, -0.2) is 72.9 Å². The van der Waals surface area contributed by atoms with E-state index in [2.05, 4.69) is 23.6 Å². The molecule has 1 aromatic carbocycles. The van der Waals surface area contributed by atoms with E-state index >= 15 is 0 Å². The van der Waals surface area contributed by atoms with Gasteiger partial charge in [-0.3, -0.25) is 9.80 Å². The molecule has 0 N–H and O–H groups in total. The standard InChI is InChI=1S/C21H33N3O2S/c1-21(2)17-23(27(25,26)20-11-7-4-8-12-20)16-19-15-22(13-14-24(19)21)18-9-5-3-6-10-18/h4,7-8,11-12,18-19H,3,5-6,9-10,13-17H2,1-2H3. The van der Waals surface area contributed by atoms with Gasteiger partial charge in [0.1, 0.15) is 0 Å². The van der Waals surface area contributed by atoms with Crippen LogP contribution in [0.2, 0.25) is 0 Å². The average Bonchev–Trinajstić information content (AvgIpc) is 2.68. The van der Waals surface area contributed by atoms with Crippen LogP contribution in [-0.2, 0) is 10.0 Å². The third-order valence-corrected chi connectivity index (χ3v) is 8.57. The van der Waals surface area contributed by atoms with Crippen LogP contribution < -0.4 is 0 Å². The first-order valence-corrected chi connectivity index (χ1v) is 11.9. The Bertz CT molecular complexity index is 744. The van der Waals surface area contributed by atoms with Crippen molar-refractivity contribution in [2.24, 2.45) is 0 Å². The molecule has 1 saturated carbocycles. The molecule has 3 aliphatic rings. The summed E-state index contributed by atoms with van der Waals surface area (Å²) >= 11 is 0. The smallest absolute Gasteiger partial charge is 0.243 e. The van der Waals surface area contributed by atoms with Crippen LogP contribution in [0.5, 0.6) is 0 Å². The molecule has 2 aliphatic heterocycles. The van der Waals surface area contributed by atoms with Crippen molar-refractivity contribution in [3.63, 3.8) is 0 Å². The monoisotopic (exact) mass is 391 g/mol. The molecule has 0 amide bonds. The lowest BCUT2D eigenvalue weighted by atomic mass is 9.90. The number of fused-ring (bicyclic) bond motifs is 1. The van der Waals surface area contributed by atoms with Gasteiger partial charge in [0.2, 0.25) is 10.0 Å². The summed E-state index contributed by atoms with van der Waals surface area (Å²) in [5.74, 6) is 0. The van der Waals surface area contributed by atoms with Crippen molar-refractivity contribution < 1.29 is 8.42 Å². The van der Waals surface area contributed by atoms with Crippen LogP contribution in [0.15, 0.2) is 35.2 Å². The van der Waals surface area contributed by atoms with Crippen LogP contribution in [0.4, 0.5) is 0 Å². The predicted molar refractivity (Wildman–Crippen MR) is 108 cm³/mol. The van der Waals surface area contributed by atoms with Crippen molar-refractivity contribution in [1.29, 1.82) is 0 Å². The fraction of sp³-hybridized carbons (Fsp3) is 0.714. The van der Waals surface area contributed by atoms with Gasteiger partial charge in [-0.05, 0) is 38.8 Å². The van der Waals surface area contributed by atoms with Crippen molar-refractivity contribution in [1.82, 2.24) is 14.1 Å². The van der Waals surface area contributed by atoms with Crippen molar-refractivity contribution in [3.8, 4) is 0 Å². The van der Waals surface area contributed by atoms with Gasteiger partial charge in [0.15, 0.2) is 0 Å². The third-order valence-electron chi connectivity index (χ3n) is 6.74. The van der Waals surface area contributed by atoms with Crippen LogP contribution in [0.3, 0.4) is 0 Å². The third kappa shape index (κ3) is 3.82. The predicted octanol–water partition coefficient (Wildman–Crippen LogP) is 2.79. The Kier molecular flexibility index (Phi) is 5.36. The zero-order chi connectivity index (χ0) is 19.1. The summed E-state index contributed by atoms with van der Waals surface area (Å²) < 4.78 is 28.2. The minimum atomic E-state index is -3.44. The van der Waals surface area contributed by atoms with E-state index in [4.69, 9.17) is 0 Å². The maximum atomic E-state index is 13.2. The second-order valence-electron chi connectivity index (χ2n) is 9.06. The summed E-state index contributed by atoms with van der Waals surface area (Å²) in [4.78, 5) is 5.62. The van der Waals surface area contributed by atoms with Crippen LogP contribution in [0.25, 0.3) is 0 Å². The Morgan fingerprint density at radius 3 is 2.33 bits per heavy atom. The normalized spacial score (nSPS) is 28.7. The molecule has 27 heavy (non-hydrogen) atoms. The van der Waals surface area contributed by atoms with E-state index in [1.807, 2.05) is 6.07 Å². The summed E-state index contributed by atoms with van der Waals surface area (Å²) in [5, 5.41) is 0. The summed E-state index contributed by atoms with van der Waals surface area (Å²) in [6.07, 6.45) is 6.67. The average molecular weight is 392 g/mol. The second kappa shape index (κ2) is 7.47. The molecule has 0 radical (unpaired) electrons. The van der Waals surface area contributed by atoms with Gasteiger partial charge in [-0.1, -0.05) is 37.5 Å². The zero-order valence-electron chi connectivity index (χ0n) is 16.7. The van der Waals surface area contributed by atoms with E-state index in [0.29, 0.717) is 24.0 Å². The minimum absolute atomic E-state index is 0.135. The molecule has 6 heteroatoms. The highest BCUT2D eigenvalue weighted by Gasteiger charge is 2.46. The molecule has 0 bridgehead atoms. The molecule has 1 unspecified atom stereocenters. The molecular weight excluding hydrogens is 358 g/mol. The number of hydrogen-bond acceptors (Lipinski definition) is 4. The fourth-order valence-corrected chi connectivity index (χ4v) is 7.01. The summed E-state index contributed by atoms with van der Waals surface area (Å²) in [6, 6.07) is 9.88. The Hall–Kier alpha value is -0.950. The lowest BCUT2D eigenvalue weighted by Gasteiger charge is -2.56. The van der Waals surface area contributed by atoms with Gasteiger partial charge in [0.05, 0.1) is 4.90 Å². The Morgan fingerprint density at radius 1 is 0.926 bits per heavy atom. The van der Waals surface area contributed by atoms with Gasteiger partial charge in [-0.2, -0.15) is 4.31 Å². The Morgan fingerprint density at radius 2 is 1.63 bits per heavy atom. The lowest BCUT2D eigenvalue weighted by Crippen LogP contribution is -2.70. The Balaban J connectivity index is 1.54. The molecule has 0 spiro atoms. The molecule has 0 aromatic heterocycles. The summed E-state index contributed by atoms with van der Waals surface area (Å²) in [5.41, 5.74) is -0.135. The van der Waals surface area contributed by atoms with Crippen LogP contribution in [0.1, 0.15) is 46.0 Å². The summed E-state index contributed by atoms with van der Waals surface area (Å²) in [6.45, 7) is 8.72. The van der Waals surface area contributed by atoms with E-state index in [9.17, 15) is 8.42 Å². The minimum Gasteiger partial charge on any atom is -0.298 e. The van der Waals surface area contributed by atoms with E-state index in [-0.39, 0.29) is 11.6 Å². The first kappa shape index (κ1) is 19.4. The number of piperazine rings is 2. The SMILES string of the molecule is CC1(C)CN(S(=O)(=O)c2ccccc2)CC2CN(C3CCCCC3)CCN21. The quantitative estimate of drug-likeness (QED) is 0.795. The number of benzene rings is 1. The number of nitrogens with zero attached hydrogens (tertiary/aromatic N) is 3. The van der Waals surface area contributed by atoms with Gasteiger partial charge in [-0.25, -0.2) is 8.42 Å². The van der Waals surface area contributed by atoms with Crippen molar-refractivity contribution in [2.45, 2.75) is 68.5 Å². The largest absolute Gasteiger partial charge is 0.298 e. The highest BCUT2D eigenvalue weighted by atomic mass is 32.2. The first-order chi connectivity index (χ1) is 12.9. The van der Waals surface area contributed by atoms with Gasteiger partial charge in [-0.15, -0.1) is 0 Å². The highest BCUT2D eigenvalue weighted by Crippen LogP contribution is 2.33. The van der Waals surface area contributed by atoms with Crippen LogP contribution in [0, 0.1) is 0 Å². The second-order valence-corrected chi connectivity index (χ2v) is 11.0. The molecule has 1 atom stereocenters. The maximum Gasteiger partial charge on any atom is 0.243 e. The highest BCUT2D eigenvalue weighted by molar-refractivity contribution is 7.89. The molecule has 2 saturated heterocycles. The number of hydrogen-bond donors (Lipinski definition) is 0. The molecule has 1 aliphatic carbocycles. The molecule has 150 valence electrons. The van der Waals surface area contributed by atoms with E-state index < -0.39 is 10.0 Å². The van der Waals surface area contributed by atoms with Gasteiger partial charge < -0.3 is 0 Å². The van der Waals surface area contributed by atoms with E-state index in [0.717, 1.165) is 19.6 Å². The van der Waals surface area contributed by atoms with E-state index in [1.54, 1.807) is 28.6 Å². The van der Waals surface area contributed by atoms with Crippen LogP contribution >= 0.6 is 0 Å².